The van der Waals surface area contributed by atoms with Crippen LogP contribution < -0.4 is 11.4 Å². The Morgan fingerprint density at radius 2 is 1.62 bits per heavy atom. The lowest BCUT2D eigenvalue weighted by molar-refractivity contribution is -0.00767. The standard InChI is InChI=1S/C21H21N3O2/c1-12-4-5-13(2)17-14(12)8-9-20-10-11-21(17,20)16-7-6-15(20)23-18(25)22(3)19(26)24(16)23/h4-7,10-11,15-16H,8-9H2,1-3H3/t15-,16-,20-,21+/m0/s1. The first-order valence-corrected chi connectivity index (χ1v) is 9.32. The normalized spacial score (nSPS) is 34.7. The van der Waals surface area contributed by atoms with Gasteiger partial charge in [0, 0.05) is 12.5 Å². The maximum atomic E-state index is 12.9. The number of rotatable bonds is 0. The van der Waals surface area contributed by atoms with Crippen LogP contribution in [0.15, 0.2) is 46.0 Å². The van der Waals surface area contributed by atoms with Gasteiger partial charge < -0.3 is 0 Å². The monoisotopic (exact) mass is 347 g/mol. The van der Waals surface area contributed by atoms with Gasteiger partial charge in [-0.1, -0.05) is 36.4 Å². The lowest BCUT2D eigenvalue weighted by atomic mass is 9.40. The zero-order valence-electron chi connectivity index (χ0n) is 15.2. The molecule has 5 aliphatic rings. The van der Waals surface area contributed by atoms with E-state index in [-0.39, 0.29) is 34.3 Å². The molecule has 0 saturated carbocycles. The van der Waals surface area contributed by atoms with Gasteiger partial charge in [0.15, 0.2) is 0 Å². The third kappa shape index (κ3) is 1.17. The molecule has 0 spiro atoms. The Balaban J connectivity index is 1.78. The van der Waals surface area contributed by atoms with E-state index in [2.05, 4.69) is 50.3 Å². The molecule has 0 radical (unpaired) electrons. The van der Waals surface area contributed by atoms with Crippen LogP contribution in [0.5, 0.6) is 0 Å². The maximum absolute atomic E-state index is 12.9. The Morgan fingerprint density at radius 1 is 0.962 bits per heavy atom. The maximum Gasteiger partial charge on any atom is 0.347 e. The van der Waals surface area contributed by atoms with E-state index in [9.17, 15) is 9.59 Å². The molecule has 26 heavy (non-hydrogen) atoms. The number of allylic oxidation sites excluding steroid dienone is 4. The van der Waals surface area contributed by atoms with Crippen LogP contribution in [0.3, 0.4) is 0 Å². The van der Waals surface area contributed by atoms with E-state index in [0.717, 1.165) is 12.8 Å². The molecule has 2 bridgehead atoms. The number of nitrogens with zero attached hydrogens (tertiary/aromatic N) is 3. The van der Waals surface area contributed by atoms with Crippen molar-refractivity contribution in [3.63, 3.8) is 0 Å². The first-order valence-electron chi connectivity index (χ1n) is 9.32. The van der Waals surface area contributed by atoms with Gasteiger partial charge in [-0.2, -0.15) is 0 Å². The molecule has 1 aromatic heterocycles. The van der Waals surface area contributed by atoms with Crippen LogP contribution in [-0.4, -0.2) is 13.9 Å². The van der Waals surface area contributed by atoms with Gasteiger partial charge in [0.05, 0.1) is 17.5 Å². The number of hydrogen-bond donors (Lipinski definition) is 0. The summed E-state index contributed by atoms with van der Waals surface area (Å²) in [6.07, 6.45) is 11.0. The van der Waals surface area contributed by atoms with Crippen LogP contribution >= 0.6 is 0 Å². The van der Waals surface area contributed by atoms with Crippen LogP contribution in [0.25, 0.3) is 0 Å². The third-order valence-electron chi connectivity index (χ3n) is 7.57. The first-order chi connectivity index (χ1) is 12.4. The fourth-order valence-electron chi connectivity index (χ4n) is 6.38. The Bertz CT molecular complexity index is 1190. The third-order valence-corrected chi connectivity index (χ3v) is 7.57. The largest absolute Gasteiger partial charge is 0.347 e. The van der Waals surface area contributed by atoms with E-state index in [1.165, 1.54) is 26.8 Å². The van der Waals surface area contributed by atoms with E-state index in [0.29, 0.717) is 0 Å². The van der Waals surface area contributed by atoms with Gasteiger partial charge in [-0.15, -0.1) is 0 Å². The molecule has 3 heterocycles. The zero-order valence-corrected chi connectivity index (χ0v) is 15.2. The molecular formula is C21H21N3O2. The summed E-state index contributed by atoms with van der Waals surface area (Å²) in [5.74, 6) is 0. The second kappa shape index (κ2) is 4.05. The summed E-state index contributed by atoms with van der Waals surface area (Å²) < 4.78 is 4.68. The van der Waals surface area contributed by atoms with Crippen molar-refractivity contribution in [1.29, 1.82) is 0 Å². The van der Waals surface area contributed by atoms with Crippen molar-refractivity contribution >= 4 is 0 Å². The molecular weight excluding hydrogens is 326 g/mol. The fourth-order valence-corrected chi connectivity index (χ4v) is 6.38. The summed E-state index contributed by atoms with van der Waals surface area (Å²) >= 11 is 0. The lowest BCUT2D eigenvalue weighted by Crippen LogP contribution is -2.68. The van der Waals surface area contributed by atoms with Crippen molar-refractivity contribution in [1.82, 2.24) is 13.9 Å². The number of benzene rings is 1. The average Bonchev–Trinajstić information content (AvgIpc) is 2.85. The Morgan fingerprint density at radius 3 is 2.31 bits per heavy atom. The predicted molar refractivity (Wildman–Crippen MR) is 98.6 cm³/mol. The highest BCUT2D eigenvalue weighted by Gasteiger charge is 2.70. The van der Waals surface area contributed by atoms with Crippen molar-refractivity contribution in [2.24, 2.45) is 12.5 Å². The smallest absolute Gasteiger partial charge is 0.246 e. The second-order valence-corrected chi connectivity index (χ2v) is 8.38. The Labute approximate surface area is 150 Å². The quantitative estimate of drug-likeness (QED) is 0.685. The van der Waals surface area contributed by atoms with Crippen molar-refractivity contribution in [3.05, 3.63) is 79.7 Å². The second-order valence-electron chi connectivity index (χ2n) is 8.38. The number of fused-ring (bicyclic) bond motifs is 1. The van der Waals surface area contributed by atoms with E-state index < -0.39 is 0 Å². The minimum absolute atomic E-state index is 0.0908. The molecule has 0 N–H and O–H groups in total. The minimum atomic E-state index is -0.215. The Hall–Kier alpha value is -2.56. The SMILES string of the molecule is Cc1ccc(C)c2c1CC[C@@]13C=C[C@@]21[C@@H]1C=C[C@@H]3n2c(=O)n(C)c(=O)n21. The van der Waals surface area contributed by atoms with Crippen molar-refractivity contribution in [3.8, 4) is 0 Å². The summed E-state index contributed by atoms with van der Waals surface area (Å²) in [4.78, 5) is 25.7. The summed E-state index contributed by atoms with van der Waals surface area (Å²) in [5, 5.41) is 0. The summed E-state index contributed by atoms with van der Waals surface area (Å²) in [5.41, 5.74) is 4.71. The Kier molecular flexibility index (Phi) is 2.28. The van der Waals surface area contributed by atoms with Crippen LogP contribution in [0.4, 0.5) is 0 Å². The molecule has 0 amide bonds. The molecule has 0 fully saturated rings. The molecule has 5 nitrogen and oxygen atoms in total. The van der Waals surface area contributed by atoms with Gasteiger partial charge in [-0.05, 0) is 48.9 Å². The molecule has 4 atom stereocenters. The van der Waals surface area contributed by atoms with E-state index in [4.69, 9.17) is 0 Å². The molecule has 3 aliphatic carbocycles. The topological polar surface area (TPSA) is 48.9 Å². The van der Waals surface area contributed by atoms with Crippen LogP contribution in [0.2, 0.25) is 0 Å². The van der Waals surface area contributed by atoms with Gasteiger partial charge in [0.2, 0.25) is 0 Å². The molecule has 132 valence electrons. The number of hydrogen-bond acceptors (Lipinski definition) is 2. The predicted octanol–water partition coefficient (Wildman–Crippen LogP) is 2.07. The molecule has 1 aromatic carbocycles. The first kappa shape index (κ1) is 14.6. The number of aryl methyl sites for hydroxylation is 2. The summed E-state index contributed by atoms with van der Waals surface area (Å²) in [6.45, 7) is 4.37. The van der Waals surface area contributed by atoms with Crippen molar-refractivity contribution in [2.45, 2.75) is 44.2 Å². The highest BCUT2D eigenvalue weighted by atomic mass is 16.2. The van der Waals surface area contributed by atoms with E-state index in [1.54, 1.807) is 16.4 Å². The van der Waals surface area contributed by atoms with Crippen molar-refractivity contribution < 1.29 is 0 Å². The van der Waals surface area contributed by atoms with E-state index >= 15 is 0 Å². The van der Waals surface area contributed by atoms with Gasteiger partial charge in [-0.25, -0.2) is 23.5 Å². The number of aromatic nitrogens is 3. The molecule has 0 saturated heterocycles. The van der Waals surface area contributed by atoms with Gasteiger partial charge in [-0.3, -0.25) is 0 Å². The summed E-state index contributed by atoms with van der Waals surface area (Å²) in [6, 6.07) is 4.19. The lowest BCUT2D eigenvalue weighted by Gasteiger charge is -2.67. The molecule has 2 aromatic rings. The van der Waals surface area contributed by atoms with Gasteiger partial charge in [0.1, 0.15) is 0 Å². The van der Waals surface area contributed by atoms with Crippen LogP contribution in [0.1, 0.15) is 40.8 Å². The van der Waals surface area contributed by atoms with Crippen LogP contribution in [0, 0.1) is 19.3 Å². The zero-order chi connectivity index (χ0) is 18.0. The van der Waals surface area contributed by atoms with Crippen LogP contribution in [-0.2, 0) is 18.9 Å². The highest BCUT2D eigenvalue weighted by molar-refractivity contribution is 5.60. The van der Waals surface area contributed by atoms with Gasteiger partial charge in [0.25, 0.3) is 0 Å². The average molecular weight is 347 g/mol. The molecule has 7 rings (SSSR count). The fraction of sp³-hybridized carbons (Fsp3) is 0.429. The molecule has 0 unspecified atom stereocenters. The molecule has 5 heteroatoms. The van der Waals surface area contributed by atoms with Crippen molar-refractivity contribution in [2.75, 3.05) is 0 Å². The summed E-state index contributed by atoms with van der Waals surface area (Å²) in [7, 11) is 1.58. The van der Waals surface area contributed by atoms with Gasteiger partial charge >= 0.3 is 11.4 Å². The molecule has 2 aliphatic heterocycles. The highest BCUT2D eigenvalue weighted by Crippen LogP contribution is 2.71. The minimum Gasteiger partial charge on any atom is -0.246 e. The van der Waals surface area contributed by atoms with E-state index in [1.807, 2.05) is 0 Å².